The lowest BCUT2D eigenvalue weighted by Gasteiger charge is -2.19. The van der Waals surface area contributed by atoms with Crippen LogP contribution < -0.4 is 9.47 Å². The Bertz CT molecular complexity index is 665. The van der Waals surface area contributed by atoms with Crippen molar-refractivity contribution in [3.05, 3.63) is 54.1 Å². The third-order valence-electron chi connectivity index (χ3n) is 5.24. The van der Waals surface area contributed by atoms with Crippen LogP contribution in [0, 0.1) is 0 Å². The molecule has 4 nitrogen and oxygen atoms in total. The summed E-state index contributed by atoms with van der Waals surface area (Å²) in [6, 6.07) is 16.3. The lowest BCUT2D eigenvalue weighted by atomic mass is 9.97. The van der Waals surface area contributed by atoms with E-state index in [0.29, 0.717) is 6.04 Å². The summed E-state index contributed by atoms with van der Waals surface area (Å²) < 4.78 is 11.8. The van der Waals surface area contributed by atoms with E-state index in [4.69, 9.17) is 9.47 Å². The first kappa shape index (κ1) is 18.7. The van der Waals surface area contributed by atoms with E-state index < -0.39 is 0 Å². The van der Waals surface area contributed by atoms with Gasteiger partial charge in [-0.2, -0.15) is 0 Å². The van der Waals surface area contributed by atoms with Gasteiger partial charge in [0, 0.05) is 18.6 Å². The Kier molecular flexibility index (Phi) is 6.53. The molecule has 26 heavy (non-hydrogen) atoms. The van der Waals surface area contributed by atoms with Gasteiger partial charge in [-0.15, -0.1) is 0 Å². The Balaban J connectivity index is 1.53. The molecule has 2 aromatic rings. The number of likely N-dealkylation sites (tertiary alicyclic amines) is 1. The van der Waals surface area contributed by atoms with Gasteiger partial charge < -0.3 is 19.5 Å². The Morgan fingerprint density at radius 2 is 1.65 bits per heavy atom. The maximum Gasteiger partial charge on any atom is 0.127 e. The van der Waals surface area contributed by atoms with Crippen LogP contribution in [0.2, 0.25) is 0 Å². The molecule has 0 saturated carbocycles. The molecule has 1 N–H and O–H groups in total. The first-order valence-electron chi connectivity index (χ1n) is 9.51. The standard InChI is InChI=1S/C22H29NO3/c1-3-17(15-24)18-6-8-21(9-7-18)26-22-12-10-20(11-13-22)25-16-19-5-4-14-23(19)2/h6-13,17,19,24H,3-5,14-16H2,1-2H3. The monoisotopic (exact) mass is 355 g/mol. The third-order valence-corrected chi connectivity index (χ3v) is 5.24. The van der Waals surface area contributed by atoms with Gasteiger partial charge in [0.15, 0.2) is 0 Å². The van der Waals surface area contributed by atoms with Crippen molar-refractivity contribution in [2.45, 2.75) is 38.1 Å². The molecule has 2 aromatic carbocycles. The van der Waals surface area contributed by atoms with E-state index in [1.807, 2.05) is 48.5 Å². The highest BCUT2D eigenvalue weighted by atomic mass is 16.5. The summed E-state index contributed by atoms with van der Waals surface area (Å²) in [5.74, 6) is 2.65. The summed E-state index contributed by atoms with van der Waals surface area (Å²) in [6.07, 6.45) is 3.39. The zero-order chi connectivity index (χ0) is 18.4. The molecule has 0 aromatic heterocycles. The second kappa shape index (κ2) is 9.06. The molecule has 2 unspecified atom stereocenters. The quantitative estimate of drug-likeness (QED) is 0.760. The van der Waals surface area contributed by atoms with Gasteiger partial charge in [-0.1, -0.05) is 19.1 Å². The van der Waals surface area contributed by atoms with Gasteiger partial charge in [0.05, 0.1) is 0 Å². The number of benzene rings is 2. The summed E-state index contributed by atoms with van der Waals surface area (Å²) in [4.78, 5) is 2.36. The van der Waals surface area contributed by atoms with E-state index in [1.165, 1.54) is 12.8 Å². The number of aliphatic hydroxyl groups is 1. The predicted molar refractivity (Wildman–Crippen MR) is 104 cm³/mol. The van der Waals surface area contributed by atoms with E-state index in [-0.39, 0.29) is 12.5 Å². The van der Waals surface area contributed by atoms with Gasteiger partial charge >= 0.3 is 0 Å². The topological polar surface area (TPSA) is 41.9 Å². The predicted octanol–water partition coefficient (Wildman–Crippen LogP) is 4.44. The van der Waals surface area contributed by atoms with Gasteiger partial charge in [0.1, 0.15) is 23.9 Å². The van der Waals surface area contributed by atoms with Crippen molar-refractivity contribution in [3.8, 4) is 17.2 Å². The Labute approximate surface area is 156 Å². The van der Waals surface area contributed by atoms with Crippen LogP contribution in [0.15, 0.2) is 48.5 Å². The van der Waals surface area contributed by atoms with Crippen LogP contribution in [0.3, 0.4) is 0 Å². The van der Waals surface area contributed by atoms with E-state index >= 15 is 0 Å². The van der Waals surface area contributed by atoms with E-state index in [9.17, 15) is 5.11 Å². The molecule has 1 aliphatic heterocycles. The Hall–Kier alpha value is -2.04. The van der Waals surface area contributed by atoms with Crippen molar-refractivity contribution >= 4 is 0 Å². The lowest BCUT2D eigenvalue weighted by Crippen LogP contribution is -2.30. The molecule has 2 atom stereocenters. The number of likely N-dealkylation sites (N-methyl/N-ethyl adjacent to an activating group) is 1. The third kappa shape index (κ3) is 4.77. The number of hydrogen-bond acceptors (Lipinski definition) is 4. The summed E-state index contributed by atoms with van der Waals surface area (Å²) >= 11 is 0. The van der Waals surface area contributed by atoms with Gasteiger partial charge in [0.2, 0.25) is 0 Å². The largest absolute Gasteiger partial charge is 0.492 e. The minimum absolute atomic E-state index is 0.175. The molecule has 4 heteroatoms. The van der Waals surface area contributed by atoms with Crippen LogP contribution in [-0.2, 0) is 0 Å². The summed E-state index contributed by atoms with van der Waals surface area (Å²) in [5.41, 5.74) is 1.14. The molecule has 140 valence electrons. The minimum Gasteiger partial charge on any atom is -0.492 e. The normalized spacial score (nSPS) is 18.7. The smallest absolute Gasteiger partial charge is 0.127 e. The van der Waals surface area contributed by atoms with E-state index in [0.717, 1.165) is 42.4 Å². The Morgan fingerprint density at radius 3 is 2.19 bits per heavy atom. The zero-order valence-electron chi connectivity index (χ0n) is 15.7. The average Bonchev–Trinajstić information content (AvgIpc) is 3.08. The van der Waals surface area contributed by atoms with Crippen molar-refractivity contribution in [2.24, 2.45) is 0 Å². The number of nitrogens with zero attached hydrogens (tertiary/aromatic N) is 1. The number of hydrogen-bond donors (Lipinski definition) is 1. The van der Waals surface area contributed by atoms with Gasteiger partial charge in [-0.25, -0.2) is 0 Å². The van der Waals surface area contributed by atoms with Crippen molar-refractivity contribution in [2.75, 3.05) is 26.8 Å². The van der Waals surface area contributed by atoms with E-state index in [1.54, 1.807) is 0 Å². The zero-order valence-corrected chi connectivity index (χ0v) is 15.7. The summed E-state index contributed by atoms with van der Waals surface area (Å²) in [7, 11) is 2.16. The molecule has 0 amide bonds. The number of rotatable bonds is 8. The maximum absolute atomic E-state index is 9.39. The molecule has 1 heterocycles. The van der Waals surface area contributed by atoms with Crippen LogP contribution in [0.25, 0.3) is 0 Å². The van der Waals surface area contributed by atoms with Crippen LogP contribution in [-0.4, -0.2) is 42.9 Å². The molecule has 1 aliphatic rings. The average molecular weight is 355 g/mol. The van der Waals surface area contributed by atoms with Gasteiger partial charge in [0.25, 0.3) is 0 Å². The van der Waals surface area contributed by atoms with Crippen LogP contribution >= 0.6 is 0 Å². The van der Waals surface area contributed by atoms with Crippen LogP contribution in [0.4, 0.5) is 0 Å². The first-order chi connectivity index (χ1) is 12.7. The fraction of sp³-hybridized carbons (Fsp3) is 0.455. The van der Waals surface area contributed by atoms with Crippen LogP contribution in [0.5, 0.6) is 17.2 Å². The van der Waals surface area contributed by atoms with Crippen molar-refractivity contribution < 1.29 is 14.6 Å². The fourth-order valence-corrected chi connectivity index (χ4v) is 3.40. The van der Waals surface area contributed by atoms with Crippen molar-refractivity contribution in [3.63, 3.8) is 0 Å². The Morgan fingerprint density at radius 1 is 1.04 bits per heavy atom. The SMILES string of the molecule is CCC(CO)c1ccc(Oc2ccc(OCC3CCCN3C)cc2)cc1. The van der Waals surface area contributed by atoms with E-state index in [2.05, 4.69) is 18.9 Å². The molecular formula is C22H29NO3. The highest BCUT2D eigenvalue weighted by molar-refractivity contribution is 5.37. The summed E-state index contributed by atoms with van der Waals surface area (Å²) in [6.45, 7) is 4.16. The molecular weight excluding hydrogens is 326 g/mol. The highest BCUT2D eigenvalue weighted by Crippen LogP contribution is 2.27. The fourth-order valence-electron chi connectivity index (χ4n) is 3.40. The highest BCUT2D eigenvalue weighted by Gasteiger charge is 2.21. The second-order valence-corrected chi connectivity index (χ2v) is 7.02. The molecule has 0 bridgehead atoms. The molecule has 3 rings (SSSR count). The molecule has 0 aliphatic carbocycles. The maximum atomic E-state index is 9.39. The van der Waals surface area contributed by atoms with Crippen molar-refractivity contribution in [1.82, 2.24) is 4.90 Å². The number of ether oxygens (including phenoxy) is 2. The first-order valence-corrected chi connectivity index (χ1v) is 9.51. The molecule has 0 spiro atoms. The summed E-state index contributed by atoms with van der Waals surface area (Å²) in [5, 5.41) is 9.39. The lowest BCUT2D eigenvalue weighted by molar-refractivity contribution is 0.198. The molecule has 1 saturated heterocycles. The van der Waals surface area contributed by atoms with Gasteiger partial charge in [-0.05, 0) is 74.8 Å². The molecule has 1 fully saturated rings. The molecule has 0 radical (unpaired) electrons. The number of aliphatic hydroxyl groups excluding tert-OH is 1. The van der Waals surface area contributed by atoms with Crippen LogP contribution in [0.1, 0.15) is 37.7 Å². The second-order valence-electron chi connectivity index (χ2n) is 7.02. The van der Waals surface area contributed by atoms with Gasteiger partial charge in [-0.3, -0.25) is 0 Å². The van der Waals surface area contributed by atoms with Crippen molar-refractivity contribution in [1.29, 1.82) is 0 Å². The minimum atomic E-state index is 0.175.